The Hall–Kier alpha value is -1.01. The van der Waals surface area contributed by atoms with Crippen LogP contribution in [-0.2, 0) is 4.79 Å². The van der Waals surface area contributed by atoms with Crippen molar-refractivity contribution in [3.63, 3.8) is 0 Å². The van der Waals surface area contributed by atoms with Crippen LogP contribution >= 0.6 is 23.1 Å². The molecule has 106 valence electrons. The van der Waals surface area contributed by atoms with Gasteiger partial charge in [0, 0.05) is 16.3 Å². The van der Waals surface area contributed by atoms with E-state index in [1.165, 1.54) is 23.1 Å². The van der Waals surface area contributed by atoms with Crippen molar-refractivity contribution >= 4 is 35.0 Å². The first-order chi connectivity index (χ1) is 8.93. The molecular formula is C13H19NO3S2. The highest BCUT2D eigenvalue weighted by molar-refractivity contribution is 8.00. The van der Waals surface area contributed by atoms with E-state index in [0.29, 0.717) is 4.88 Å². The number of carboxylic acids is 1. The minimum absolute atomic E-state index is 0.00553. The van der Waals surface area contributed by atoms with Crippen LogP contribution in [0.2, 0.25) is 0 Å². The summed E-state index contributed by atoms with van der Waals surface area (Å²) in [5, 5.41) is 13.3. The van der Waals surface area contributed by atoms with E-state index in [0.717, 1.165) is 17.7 Å². The maximum atomic E-state index is 11.9. The van der Waals surface area contributed by atoms with Gasteiger partial charge in [0.25, 0.3) is 0 Å². The molecule has 0 aromatic carbocycles. The summed E-state index contributed by atoms with van der Waals surface area (Å²) < 4.78 is 0. The molecule has 0 aliphatic rings. The second-order valence-electron chi connectivity index (χ2n) is 4.41. The van der Waals surface area contributed by atoms with E-state index in [9.17, 15) is 9.59 Å². The van der Waals surface area contributed by atoms with Crippen LogP contribution in [-0.4, -0.2) is 28.3 Å². The SMILES string of the molecule is CCCC(C)NC(=O)C(C)Sc1csc(C(=O)O)c1. The zero-order valence-corrected chi connectivity index (χ0v) is 12.9. The summed E-state index contributed by atoms with van der Waals surface area (Å²) in [5.74, 6) is -0.931. The van der Waals surface area contributed by atoms with Crippen molar-refractivity contribution in [2.24, 2.45) is 0 Å². The van der Waals surface area contributed by atoms with E-state index in [-0.39, 0.29) is 17.2 Å². The first-order valence-electron chi connectivity index (χ1n) is 6.22. The van der Waals surface area contributed by atoms with Crippen LogP contribution in [0.1, 0.15) is 43.3 Å². The zero-order valence-electron chi connectivity index (χ0n) is 11.3. The summed E-state index contributed by atoms with van der Waals surface area (Å²) in [6.07, 6.45) is 2.00. The average Bonchev–Trinajstić information content (AvgIpc) is 2.77. The molecule has 0 saturated heterocycles. The third-order valence-corrected chi connectivity index (χ3v) is 4.72. The van der Waals surface area contributed by atoms with E-state index in [1.807, 2.05) is 13.8 Å². The first-order valence-corrected chi connectivity index (χ1v) is 7.98. The molecule has 1 aromatic rings. The lowest BCUT2D eigenvalue weighted by Gasteiger charge is -2.16. The number of amides is 1. The number of aromatic carboxylic acids is 1. The highest BCUT2D eigenvalue weighted by Gasteiger charge is 2.17. The molecule has 0 fully saturated rings. The van der Waals surface area contributed by atoms with Gasteiger partial charge >= 0.3 is 5.97 Å². The van der Waals surface area contributed by atoms with Gasteiger partial charge in [-0.1, -0.05) is 13.3 Å². The van der Waals surface area contributed by atoms with E-state index in [4.69, 9.17) is 5.11 Å². The van der Waals surface area contributed by atoms with Gasteiger partial charge in [-0.2, -0.15) is 0 Å². The molecule has 1 aromatic heterocycles. The Morgan fingerprint density at radius 1 is 1.47 bits per heavy atom. The van der Waals surface area contributed by atoms with Crippen LogP contribution in [0.5, 0.6) is 0 Å². The summed E-state index contributed by atoms with van der Waals surface area (Å²) in [6.45, 7) is 5.91. The molecule has 2 N–H and O–H groups in total. The summed E-state index contributed by atoms with van der Waals surface area (Å²) in [5.41, 5.74) is 0. The predicted octanol–water partition coefficient (Wildman–Crippen LogP) is 3.23. The zero-order chi connectivity index (χ0) is 14.4. The maximum absolute atomic E-state index is 11.9. The minimum atomic E-state index is -0.925. The van der Waals surface area contributed by atoms with Gasteiger partial charge < -0.3 is 10.4 Å². The number of hydrogen-bond acceptors (Lipinski definition) is 4. The largest absolute Gasteiger partial charge is 0.477 e. The van der Waals surface area contributed by atoms with Gasteiger partial charge in [-0.3, -0.25) is 4.79 Å². The average molecular weight is 301 g/mol. The van der Waals surface area contributed by atoms with Gasteiger partial charge in [-0.15, -0.1) is 23.1 Å². The Bertz CT molecular complexity index is 445. The fourth-order valence-corrected chi connectivity index (χ4v) is 3.43. The Morgan fingerprint density at radius 2 is 2.16 bits per heavy atom. The molecule has 6 heteroatoms. The summed E-state index contributed by atoms with van der Waals surface area (Å²) in [7, 11) is 0. The number of nitrogens with one attached hydrogen (secondary N) is 1. The van der Waals surface area contributed by atoms with Crippen molar-refractivity contribution < 1.29 is 14.7 Å². The fourth-order valence-electron chi connectivity index (χ4n) is 1.62. The Morgan fingerprint density at radius 3 is 2.68 bits per heavy atom. The van der Waals surface area contributed by atoms with Crippen molar-refractivity contribution in [2.75, 3.05) is 0 Å². The molecule has 1 rings (SSSR count). The van der Waals surface area contributed by atoms with Gasteiger partial charge in [0.2, 0.25) is 5.91 Å². The molecular weight excluding hydrogens is 282 g/mol. The van der Waals surface area contributed by atoms with Gasteiger partial charge in [0.05, 0.1) is 5.25 Å². The molecule has 19 heavy (non-hydrogen) atoms. The van der Waals surface area contributed by atoms with Crippen molar-refractivity contribution in [3.8, 4) is 0 Å². The molecule has 0 aliphatic heterocycles. The topological polar surface area (TPSA) is 66.4 Å². The smallest absolute Gasteiger partial charge is 0.345 e. The van der Waals surface area contributed by atoms with E-state index >= 15 is 0 Å². The monoisotopic (exact) mass is 301 g/mol. The minimum Gasteiger partial charge on any atom is -0.477 e. The fraction of sp³-hybridized carbons (Fsp3) is 0.538. The van der Waals surface area contributed by atoms with Gasteiger partial charge in [-0.05, 0) is 26.3 Å². The normalized spacial score (nSPS) is 13.8. The van der Waals surface area contributed by atoms with Gasteiger partial charge in [0.15, 0.2) is 0 Å². The van der Waals surface area contributed by atoms with Crippen molar-refractivity contribution in [1.82, 2.24) is 5.32 Å². The highest BCUT2D eigenvalue weighted by atomic mass is 32.2. The third-order valence-electron chi connectivity index (χ3n) is 2.58. The van der Waals surface area contributed by atoms with Crippen LogP contribution in [0, 0.1) is 0 Å². The number of thioether (sulfide) groups is 1. The van der Waals surface area contributed by atoms with Crippen LogP contribution in [0.3, 0.4) is 0 Å². The Kier molecular flexibility index (Phi) is 6.37. The van der Waals surface area contributed by atoms with Crippen molar-refractivity contribution in [2.45, 2.75) is 49.8 Å². The van der Waals surface area contributed by atoms with E-state index < -0.39 is 5.97 Å². The molecule has 0 saturated carbocycles. The van der Waals surface area contributed by atoms with E-state index in [1.54, 1.807) is 11.4 Å². The molecule has 0 radical (unpaired) electrons. The number of rotatable bonds is 7. The number of carbonyl (C=O) groups excluding carboxylic acids is 1. The van der Waals surface area contributed by atoms with Gasteiger partial charge in [-0.25, -0.2) is 4.79 Å². The van der Waals surface area contributed by atoms with Gasteiger partial charge in [0.1, 0.15) is 4.88 Å². The number of thiophene rings is 1. The summed E-state index contributed by atoms with van der Waals surface area (Å²) in [4.78, 5) is 23.8. The molecule has 0 aliphatic carbocycles. The second-order valence-corrected chi connectivity index (χ2v) is 6.74. The Labute approximate surface area is 121 Å². The lowest BCUT2D eigenvalue weighted by molar-refractivity contribution is -0.120. The molecule has 0 bridgehead atoms. The molecule has 2 atom stereocenters. The van der Waals surface area contributed by atoms with Crippen LogP contribution in [0.25, 0.3) is 0 Å². The molecule has 2 unspecified atom stereocenters. The molecule has 1 amide bonds. The molecule has 1 heterocycles. The second kappa shape index (κ2) is 7.55. The molecule has 0 spiro atoms. The third kappa shape index (κ3) is 5.24. The summed E-state index contributed by atoms with van der Waals surface area (Å²) in [6, 6.07) is 1.79. The quantitative estimate of drug-likeness (QED) is 0.759. The van der Waals surface area contributed by atoms with Crippen LogP contribution in [0.4, 0.5) is 0 Å². The van der Waals surface area contributed by atoms with Crippen molar-refractivity contribution in [1.29, 1.82) is 0 Å². The van der Waals surface area contributed by atoms with Crippen LogP contribution in [0.15, 0.2) is 16.3 Å². The van der Waals surface area contributed by atoms with Crippen molar-refractivity contribution in [3.05, 3.63) is 16.3 Å². The van der Waals surface area contributed by atoms with Crippen LogP contribution < -0.4 is 5.32 Å². The first kappa shape index (κ1) is 16.0. The van der Waals surface area contributed by atoms with E-state index in [2.05, 4.69) is 12.2 Å². The number of carbonyl (C=O) groups is 2. The highest BCUT2D eigenvalue weighted by Crippen LogP contribution is 2.28. The predicted molar refractivity (Wildman–Crippen MR) is 79.1 cm³/mol. The number of hydrogen-bond donors (Lipinski definition) is 2. The molecule has 4 nitrogen and oxygen atoms in total. The standard InChI is InChI=1S/C13H19NO3S2/c1-4-5-8(2)14-12(15)9(3)19-10-6-11(13(16)17)18-7-10/h6-9H,4-5H2,1-3H3,(H,14,15)(H,16,17). The Balaban J connectivity index is 2.51. The number of carboxylic acid groups (broad SMARTS) is 1. The lowest BCUT2D eigenvalue weighted by Crippen LogP contribution is -2.37. The summed E-state index contributed by atoms with van der Waals surface area (Å²) >= 11 is 2.57. The maximum Gasteiger partial charge on any atom is 0.345 e. The lowest BCUT2D eigenvalue weighted by atomic mass is 10.2.